The van der Waals surface area contributed by atoms with Crippen LogP contribution in [0.15, 0.2) is 12.5 Å². The van der Waals surface area contributed by atoms with E-state index in [2.05, 4.69) is 9.97 Å². The molecule has 0 aliphatic rings. The first-order valence-corrected chi connectivity index (χ1v) is 2.84. The van der Waals surface area contributed by atoms with Gasteiger partial charge in [0, 0.05) is 18.3 Å². The third kappa shape index (κ3) is 1.83. The van der Waals surface area contributed by atoms with E-state index in [1.54, 1.807) is 12.5 Å². The number of aromatic amines is 1. The Morgan fingerprint density at radius 1 is 1.78 bits per heavy atom. The van der Waals surface area contributed by atoms with Crippen LogP contribution in [0, 0.1) is 5.21 Å². The van der Waals surface area contributed by atoms with Crippen LogP contribution < -0.4 is 5.48 Å². The minimum absolute atomic E-state index is 0.572. The summed E-state index contributed by atoms with van der Waals surface area (Å²) in [7, 11) is 0. The van der Waals surface area contributed by atoms with Crippen LogP contribution >= 0.6 is 0 Å². The molecular weight excluding hydrogens is 118 g/mol. The van der Waals surface area contributed by atoms with Crippen molar-refractivity contribution in [3.05, 3.63) is 23.4 Å². The van der Waals surface area contributed by atoms with E-state index in [9.17, 15) is 5.21 Å². The van der Waals surface area contributed by atoms with Crippen LogP contribution in [0.25, 0.3) is 0 Å². The molecule has 0 fully saturated rings. The van der Waals surface area contributed by atoms with E-state index >= 15 is 0 Å². The largest absolute Gasteiger partial charge is 0.636 e. The van der Waals surface area contributed by atoms with Gasteiger partial charge in [0.25, 0.3) is 0 Å². The van der Waals surface area contributed by atoms with E-state index in [-0.39, 0.29) is 0 Å². The van der Waals surface area contributed by atoms with E-state index < -0.39 is 0 Å². The molecular formula is C5H9N3O. The Bertz CT molecular complexity index is 149. The van der Waals surface area contributed by atoms with E-state index in [1.807, 2.05) is 0 Å². The number of hydrogen-bond acceptors (Lipinski definition) is 2. The van der Waals surface area contributed by atoms with Crippen molar-refractivity contribution in [2.75, 3.05) is 6.54 Å². The first kappa shape index (κ1) is 6.25. The number of H-pyrrole nitrogens is 1. The van der Waals surface area contributed by atoms with Crippen molar-refractivity contribution in [3.63, 3.8) is 0 Å². The van der Waals surface area contributed by atoms with Crippen LogP contribution in [0.2, 0.25) is 0 Å². The van der Waals surface area contributed by atoms with E-state index in [0.29, 0.717) is 6.54 Å². The molecule has 0 saturated carbocycles. The first-order chi connectivity index (χ1) is 4.43. The van der Waals surface area contributed by atoms with Gasteiger partial charge >= 0.3 is 0 Å². The van der Waals surface area contributed by atoms with Gasteiger partial charge in [0.05, 0.1) is 12.9 Å². The Hall–Kier alpha value is -0.870. The smallest absolute Gasteiger partial charge is 0.0921 e. The summed E-state index contributed by atoms with van der Waals surface area (Å²) in [5, 5.41) is 9.87. The maximum atomic E-state index is 9.87. The lowest BCUT2D eigenvalue weighted by atomic mass is 10.3. The zero-order chi connectivity index (χ0) is 6.53. The van der Waals surface area contributed by atoms with Crippen molar-refractivity contribution in [2.45, 2.75) is 6.42 Å². The number of nitrogens with zero attached hydrogens (tertiary/aromatic N) is 1. The average Bonchev–Trinajstić information content (AvgIpc) is 2.34. The molecule has 0 saturated heterocycles. The van der Waals surface area contributed by atoms with Crippen LogP contribution in [0.1, 0.15) is 5.69 Å². The maximum Gasteiger partial charge on any atom is 0.0921 e. The number of nitrogens with one attached hydrogen (secondary N) is 1. The Balaban J connectivity index is 2.30. The molecule has 3 N–H and O–H groups in total. The fourth-order valence-electron chi connectivity index (χ4n) is 0.636. The molecule has 0 atom stereocenters. The predicted molar refractivity (Wildman–Crippen MR) is 32.5 cm³/mol. The highest BCUT2D eigenvalue weighted by molar-refractivity contribution is 4.93. The SMILES string of the molecule is [O-][NH2+]CCc1cnc[nH]1. The van der Waals surface area contributed by atoms with Crippen LogP contribution in [0.4, 0.5) is 0 Å². The second kappa shape index (κ2) is 3.21. The van der Waals surface area contributed by atoms with Crippen LogP contribution in [-0.4, -0.2) is 16.5 Å². The molecule has 1 rings (SSSR count). The average molecular weight is 127 g/mol. The molecule has 1 aromatic heterocycles. The number of aromatic nitrogens is 2. The van der Waals surface area contributed by atoms with Crippen molar-refractivity contribution >= 4 is 0 Å². The van der Waals surface area contributed by atoms with Crippen molar-refractivity contribution in [3.8, 4) is 0 Å². The highest BCUT2D eigenvalue weighted by Gasteiger charge is 1.90. The van der Waals surface area contributed by atoms with Gasteiger partial charge in [-0.05, 0) is 0 Å². The molecule has 4 nitrogen and oxygen atoms in total. The fraction of sp³-hybridized carbons (Fsp3) is 0.400. The third-order valence-electron chi connectivity index (χ3n) is 1.09. The van der Waals surface area contributed by atoms with Gasteiger partial charge in [-0.1, -0.05) is 0 Å². The van der Waals surface area contributed by atoms with Crippen LogP contribution in [-0.2, 0) is 6.42 Å². The van der Waals surface area contributed by atoms with Gasteiger partial charge in [-0.2, -0.15) is 0 Å². The predicted octanol–water partition coefficient (Wildman–Crippen LogP) is -0.987. The molecule has 0 aromatic carbocycles. The van der Waals surface area contributed by atoms with Crippen molar-refractivity contribution in [1.29, 1.82) is 0 Å². The molecule has 1 aromatic rings. The molecule has 0 amide bonds. The molecule has 50 valence electrons. The summed E-state index contributed by atoms with van der Waals surface area (Å²) in [6, 6.07) is 0. The van der Waals surface area contributed by atoms with Gasteiger partial charge in [-0.25, -0.2) is 4.98 Å². The summed E-state index contributed by atoms with van der Waals surface area (Å²) in [5.74, 6) is 0. The lowest BCUT2D eigenvalue weighted by Gasteiger charge is -1.97. The van der Waals surface area contributed by atoms with Crippen LogP contribution in [0.5, 0.6) is 0 Å². The minimum atomic E-state index is 0.572. The summed E-state index contributed by atoms with van der Waals surface area (Å²) in [5.41, 5.74) is 1.92. The zero-order valence-corrected chi connectivity index (χ0v) is 5.00. The Morgan fingerprint density at radius 3 is 3.22 bits per heavy atom. The number of nitrogens with two attached hydrogens (primary N) is 1. The first-order valence-electron chi connectivity index (χ1n) is 2.84. The Morgan fingerprint density at radius 2 is 2.67 bits per heavy atom. The molecule has 0 radical (unpaired) electrons. The normalized spacial score (nSPS) is 9.89. The molecule has 0 aliphatic carbocycles. The van der Waals surface area contributed by atoms with E-state index in [1.165, 1.54) is 0 Å². The minimum Gasteiger partial charge on any atom is -0.636 e. The number of hydroxylamine groups is 1. The van der Waals surface area contributed by atoms with Crippen molar-refractivity contribution < 1.29 is 5.48 Å². The standard InChI is InChI=1S/C5H9N3O/c9-8-2-1-5-3-6-4-7-5/h3-4H,1-2,8H2,(H,6,7). The molecule has 0 spiro atoms. The van der Waals surface area contributed by atoms with Gasteiger partial charge in [-0.3, -0.25) is 0 Å². The number of quaternary nitrogens is 1. The van der Waals surface area contributed by atoms with Gasteiger partial charge in [0.1, 0.15) is 0 Å². The second-order valence-corrected chi connectivity index (χ2v) is 1.78. The topological polar surface area (TPSA) is 68.3 Å². The Kier molecular flexibility index (Phi) is 2.23. The molecule has 0 bridgehead atoms. The zero-order valence-electron chi connectivity index (χ0n) is 5.00. The number of rotatable bonds is 3. The van der Waals surface area contributed by atoms with Gasteiger partial charge < -0.3 is 15.7 Å². The summed E-state index contributed by atoms with van der Waals surface area (Å²) >= 11 is 0. The number of hydrogen-bond donors (Lipinski definition) is 2. The molecule has 0 unspecified atom stereocenters. The van der Waals surface area contributed by atoms with Gasteiger partial charge in [0.15, 0.2) is 0 Å². The lowest BCUT2D eigenvalue weighted by molar-refractivity contribution is -0.588. The summed E-state index contributed by atoms with van der Waals surface area (Å²) in [4.78, 5) is 6.71. The van der Waals surface area contributed by atoms with E-state index in [0.717, 1.165) is 17.6 Å². The molecule has 4 heteroatoms. The summed E-state index contributed by atoms with van der Waals surface area (Å²) in [6.07, 6.45) is 4.10. The molecule has 9 heavy (non-hydrogen) atoms. The van der Waals surface area contributed by atoms with Crippen molar-refractivity contribution in [2.24, 2.45) is 0 Å². The number of imidazole rings is 1. The van der Waals surface area contributed by atoms with E-state index in [4.69, 9.17) is 0 Å². The van der Waals surface area contributed by atoms with Crippen molar-refractivity contribution in [1.82, 2.24) is 9.97 Å². The monoisotopic (exact) mass is 127 g/mol. The Labute approximate surface area is 52.9 Å². The summed E-state index contributed by atoms with van der Waals surface area (Å²) < 4.78 is 0. The highest BCUT2D eigenvalue weighted by atomic mass is 16.5. The highest BCUT2D eigenvalue weighted by Crippen LogP contribution is 1.87. The second-order valence-electron chi connectivity index (χ2n) is 1.78. The van der Waals surface area contributed by atoms with Gasteiger partial charge in [-0.15, -0.1) is 0 Å². The fourth-order valence-corrected chi connectivity index (χ4v) is 0.636. The quantitative estimate of drug-likeness (QED) is 0.512. The molecule has 1 heterocycles. The third-order valence-corrected chi connectivity index (χ3v) is 1.09. The van der Waals surface area contributed by atoms with Gasteiger partial charge in [0.2, 0.25) is 0 Å². The lowest BCUT2D eigenvalue weighted by Crippen LogP contribution is -2.77. The van der Waals surface area contributed by atoms with Crippen LogP contribution in [0.3, 0.4) is 0 Å². The maximum absolute atomic E-state index is 9.87. The molecule has 0 aliphatic heterocycles. The summed E-state index contributed by atoms with van der Waals surface area (Å²) in [6.45, 7) is 0.572.